The van der Waals surface area contributed by atoms with Crippen molar-refractivity contribution in [3.8, 4) is 11.3 Å². The van der Waals surface area contributed by atoms with Crippen LogP contribution >= 0.6 is 0 Å². The lowest BCUT2D eigenvalue weighted by Gasteiger charge is -2.11. The van der Waals surface area contributed by atoms with Gasteiger partial charge in [0.25, 0.3) is 0 Å². The van der Waals surface area contributed by atoms with Gasteiger partial charge in [-0.1, -0.05) is 52.0 Å². The fourth-order valence-corrected chi connectivity index (χ4v) is 4.15. The van der Waals surface area contributed by atoms with Gasteiger partial charge in [0.2, 0.25) is 11.4 Å². The molecule has 0 amide bonds. The van der Waals surface area contributed by atoms with Crippen LogP contribution in [0.15, 0.2) is 40.8 Å². The number of hydrogen-bond donors (Lipinski definition) is 0. The van der Waals surface area contributed by atoms with E-state index in [4.69, 9.17) is 13.7 Å². The van der Waals surface area contributed by atoms with Crippen molar-refractivity contribution in [1.82, 2.24) is 0 Å². The van der Waals surface area contributed by atoms with E-state index in [1.54, 1.807) is 13.8 Å². The van der Waals surface area contributed by atoms with Gasteiger partial charge in [-0.2, -0.15) is 4.57 Å². The lowest BCUT2D eigenvalue weighted by molar-refractivity contribution is -0.666. The summed E-state index contributed by atoms with van der Waals surface area (Å²) in [5.74, 6) is -1.63. The van der Waals surface area contributed by atoms with Gasteiger partial charge in [0.15, 0.2) is 5.69 Å². The van der Waals surface area contributed by atoms with E-state index >= 15 is 0 Å². The number of fused-ring (bicyclic) bond motifs is 3. The summed E-state index contributed by atoms with van der Waals surface area (Å²) in [4.78, 5) is 3.77. The van der Waals surface area contributed by atoms with Crippen LogP contribution in [0.25, 0.3) is 38.0 Å². The Morgan fingerprint density at radius 1 is 0.967 bits per heavy atom. The average molecular weight is 400 g/mol. The van der Waals surface area contributed by atoms with Crippen LogP contribution < -0.4 is 4.57 Å². The molecular weight excluding hydrogens is 368 g/mol. The van der Waals surface area contributed by atoms with Crippen molar-refractivity contribution in [1.29, 1.82) is 0 Å². The number of aromatic nitrogens is 1. The molecule has 0 spiro atoms. The molecule has 0 N–H and O–H groups in total. The Kier molecular flexibility index (Phi) is 4.30. The monoisotopic (exact) mass is 399 g/mol. The number of hydrogen-bond acceptors (Lipinski definition) is 1. The highest BCUT2D eigenvalue weighted by atomic mass is 16.3. The molecule has 0 radical (unpaired) electrons. The number of aryl methyl sites for hydroxylation is 2. The normalized spacial score (nSPS) is 13.4. The minimum Gasteiger partial charge on any atom is -0.466 e. The van der Waals surface area contributed by atoms with Gasteiger partial charge >= 0.3 is 0 Å². The van der Waals surface area contributed by atoms with Crippen molar-refractivity contribution in [3.63, 3.8) is 0 Å². The molecule has 152 valence electrons. The van der Waals surface area contributed by atoms with Crippen LogP contribution in [-0.2, 0) is 7.05 Å². The van der Waals surface area contributed by atoms with E-state index in [9.17, 15) is 0 Å². The van der Waals surface area contributed by atoms with Crippen LogP contribution in [0.4, 0.5) is 5.69 Å². The van der Waals surface area contributed by atoms with Gasteiger partial charge in [0, 0.05) is 32.6 Å². The molecule has 0 atom stereocenters. The molecule has 2 aromatic heterocycles. The molecule has 0 aliphatic heterocycles. The second-order valence-corrected chi connectivity index (χ2v) is 8.52. The maximum Gasteiger partial charge on any atom is 0.232 e. The summed E-state index contributed by atoms with van der Waals surface area (Å²) in [5, 5.41) is 1.84. The fraction of sp³-hybridized carbons (Fsp3) is 0.333. The number of nitrogens with zero attached hydrogens (tertiary/aromatic N) is 2. The highest BCUT2D eigenvalue weighted by Gasteiger charge is 2.24. The molecule has 3 heteroatoms. The van der Waals surface area contributed by atoms with E-state index in [1.165, 1.54) is 0 Å². The maximum absolute atomic E-state index is 8.56. The lowest BCUT2D eigenvalue weighted by Crippen LogP contribution is -2.35. The van der Waals surface area contributed by atoms with Crippen LogP contribution in [0.3, 0.4) is 0 Å². The Labute approximate surface area is 181 Å². The second-order valence-electron chi connectivity index (χ2n) is 8.52. The second kappa shape index (κ2) is 7.29. The third kappa shape index (κ3) is 2.99. The molecule has 0 saturated heterocycles. The minimum absolute atomic E-state index is 0.406. The summed E-state index contributed by atoms with van der Waals surface area (Å²) in [5.41, 5.74) is 7.36. The van der Waals surface area contributed by atoms with Crippen LogP contribution in [0.5, 0.6) is 0 Å². The Morgan fingerprint density at radius 2 is 1.63 bits per heavy atom. The van der Waals surface area contributed by atoms with Gasteiger partial charge in [0.05, 0.1) is 12.1 Å². The minimum atomic E-state index is -0.899. The number of pyridine rings is 1. The third-order valence-electron chi connectivity index (χ3n) is 6.02. The summed E-state index contributed by atoms with van der Waals surface area (Å²) in [7, 11) is 2.03. The molecule has 0 bridgehead atoms. The van der Waals surface area contributed by atoms with Crippen molar-refractivity contribution in [2.45, 2.75) is 53.3 Å². The van der Waals surface area contributed by atoms with Gasteiger partial charge in [0.1, 0.15) is 18.2 Å². The van der Waals surface area contributed by atoms with Crippen LogP contribution in [0.2, 0.25) is 0 Å². The van der Waals surface area contributed by atoms with E-state index in [2.05, 4.69) is 34.5 Å². The van der Waals surface area contributed by atoms with Gasteiger partial charge in [-0.05, 0) is 35.4 Å². The summed E-state index contributed by atoms with van der Waals surface area (Å²) in [6, 6.07) is 12.1. The van der Waals surface area contributed by atoms with Gasteiger partial charge in [-0.3, -0.25) is 0 Å². The third-order valence-corrected chi connectivity index (χ3v) is 6.02. The van der Waals surface area contributed by atoms with E-state index in [0.717, 1.165) is 44.4 Å². The van der Waals surface area contributed by atoms with E-state index < -0.39 is 11.8 Å². The first-order valence-corrected chi connectivity index (χ1v) is 10.2. The van der Waals surface area contributed by atoms with E-state index in [0.29, 0.717) is 16.8 Å². The SMILES string of the molecule is [2H]C(C)(C)c1cc(C)[n+](C)c(-c2c(C)ccc3c2oc2c([N+]#[C-])c(C([2H])(C)C)ccc23)c1. The van der Waals surface area contributed by atoms with Gasteiger partial charge in [-0.15, -0.1) is 0 Å². The largest absolute Gasteiger partial charge is 0.466 e. The molecule has 3 nitrogen and oxygen atoms in total. The predicted molar refractivity (Wildman–Crippen MR) is 124 cm³/mol. The summed E-state index contributed by atoms with van der Waals surface area (Å²) in [6.45, 7) is 19.3. The van der Waals surface area contributed by atoms with Crippen LogP contribution in [0.1, 0.15) is 64.6 Å². The zero-order chi connectivity index (χ0) is 23.6. The Balaban J connectivity index is 2.14. The maximum atomic E-state index is 8.56. The Morgan fingerprint density at radius 3 is 2.27 bits per heavy atom. The smallest absolute Gasteiger partial charge is 0.232 e. The molecule has 30 heavy (non-hydrogen) atoms. The summed E-state index contributed by atoms with van der Waals surface area (Å²) >= 11 is 0. The molecule has 0 aliphatic rings. The van der Waals surface area contributed by atoms with Crippen molar-refractivity contribution >= 4 is 27.6 Å². The molecule has 0 fully saturated rings. The van der Waals surface area contributed by atoms with Crippen molar-refractivity contribution in [2.75, 3.05) is 0 Å². The Hall–Kier alpha value is -3.12. The molecule has 0 unspecified atom stereocenters. The molecule has 0 aliphatic carbocycles. The number of rotatable bonds is 3. The zero-order valence-corrected chi connectivity index (χ0v) is 18.8. The van der Waals surface area contributed by atoms with Gasteiger partial charge < -0.3 is 4.42 Å². The lowest BCUT2D eigenvalue weighted by atomic mass is 9.95. The topological polar surface area (TPSA) is 21.4 Å². The fourth-order valence-electron chi connectivity index (χ4n) is 4.15. The first-order valence-electron chi connectivity index (χ1n) is 11.2. The quantitative estimate of drug-likeness (QED) is 0.258. The van der Waals surface area contributed by atoms with Gasteiger partial charge in [-0.25, -0.2) is 4.85 Å². The number of furan rings is 1. The molecular formula is C27H29N2O+. The molecule has 0 saturated carbocycles. The average Bonchev–Trinajstić information content (AvgIpc) is 3.06. The van der Waals surface area contributed by atoms with Crippen LogP contribution in [0, 0.1) is 20.4 Å². The van der Waals surface area contributed by atoms with Crippen molar-refractivity contribution in [3.05, 3.63) is 70.2 Å². The molecule has 2 heterocycles. The Bertz CT molecular complexity index is 1430. The highest BCUT2D eigenvalue weighted by Crippen LogP contribution is 2.43. The molecule has 2 aromatic carbocycles. The standard InChI is InChI=1S/C27H29N2O/c1-15(2)19-13-18(6)29(8)23(14-19)24-17(5)9-10-21-22-12-11-20(16(3)4)25(28-7)27(22)30-26(21)24/h9-16H,1-6,8H3/q+1/i15D,16D. The first-order chi connectivity index (χ1) is 14.8. The first kappa shape index (κ1) is 17.7. The van der Waals surface area contributed by atoms with E-state index in [1.807, 2.05) is 46.0 Å². The van der Waals surface area contributed by atoms with Crippen molar-refractivity contribution < 1.29 is 11.7 Å². The number of benzene rings is 2. The summed E-state index contributed by atoms with van der Waals surface area (Å²) in [6.07, 6.45) is 0. The summed E-state index contributed by atoms with van der Waals surface area (Å²) < 4.78 is 25.6. The van der Waals surface area contributed by atoms with Crippen molar-refractivity contribution in [2.24, 2.45) is 7.05 Å². The molecule has 4 aromatic rings. The zero-order valence-electron chi connectivity index (χ0n) is 20.8. The highest BCUT2D eigenvalue weighted by molar-refractivity contribution is 6.13. The molecule has 4 rings (SSSR count). The predicted octanol–water partition coefficient (Wildman–Crippen LogP) is 7.49. The van der Waals surface area contributed by atoms with Crippen LogP contribution in [-0.4, -0.2) is 0 Å². The van der Waals surface area contributed by atoms with E-state index in [-0.39, 0.29) is 0 Å².